The van der Waals surface area contributed by atoms with Gasteiger partial charge in [-0.2, -0.15) is 9.78 Å². The fourth-order valence-corrected chi connectivity index (χ4v) is 4.17. The van der Waals surface area contributed by atoms with Crippen LogP contribution in [0.1, 0.15) is 32.7 Å². The van der Waals surface area contributed by atoms with Gasteiger partial charge in [0.15, 0.2) is 11.5 Å². The second kappa shape index (κ2) is 9.73. The highest BCUT2D eigenvalue weighted by Crippen LogP contribution is 2.32. The van der Waals surface area contributed by atoms with Crippen molar-refractivity contribution in [2.24, 2.45) is 0 Å². The number of hydrogen-bond acceptors (Lipinski definition) is 6. The Bertz CT molecular complexity index is 1620. The SMILES string of the molecule is Cc1cc(C)cc(-n2nc(C(=O)NCc3ccc4c(c3)OCO4)c(=O)n(Cc3cccc(F)c3)c2=O)c1. The summed E-state index contributed by atoms with van der Waals surface area (Å²) in [6.45, 7) is 3.71. The molecule has 1 N–H and O–H groups in total. The van der Waals surface area contributed by atoms with Gasteiger partial charge < -0.3 is 14.8 Å². The Kier molecular flexibility index (Phi) is 6.31. The average molecular weight is 503 g/mol. The van der Waals surface area contributed by atoms with E-state index in [1.54, 1.807) is 36.4 Å². The zero-order valence-corrected chi connectivity index (χ0v) is 20.2. The molecule has 0 fully saturated rings. The molecule has 0 spiro atoms. The largest absolute Gasteiger partial charge is 0.454 e. The molecule has 9 nitrogen and oxygen atoms in total. The fraction of sp³-hybridized carbons (Fsp3) is 0.185. The van der Waals surface area contributed by atoms with E-state index in [1.807, 2.05) is 19.9 Å². The molecule has 0 saturated carbocycles. The van der Waals surface area contributed by atoms with E-state index in [4.69, 9.17) is 9.47 Å². The monoisotopic (exact) mass is 502 g/mol. The first-order valence-corrected chi connectivity index (χ1v) is 11.5. The number of aryl methyl sites for hydroxylation is 2. The topological polar surface area (TPSA) is 104 Å². The maximum absolute atomic E-state index is 13.8. The highest BCUT2D eigenvalue weighted by atomic mass is 19.1. The molecule has 37 heavy (non-hydrogen) atoms. The summed E-state index contributed by atoms with van der Waals surface area (Å²) in [5.41, 5.74) is 1.19. The van der Waals surface area contributed by atoms with Gasteiger partial charge in [0.1, 0.15) is 5.82 Å². The van der Waals surface area contributed by atoms with Crippen LogP contribution >= 0.6 is 0 Å². The van der Waals surface area contributed by atoms with Gasteiger partial charge in [0, 0.05) is 6.54 Å². The Morgan fingerprint density at radius 1 is 0.973 bits per heavy atom. The van der Waals surface area contributed by atoms with Crippen LogP contribution in [0.2, 0.25) is 0 Å². The van der Waals surface area contributed by atoms with E-state index in [-0.39, 0.29) is 19.9 Å². The lowest BCUT2D eigenvalue weighted by Gasteiger charge is -2.13. The van der Waals surface area contributed by atoms with Crippen LogP contribution in [0.15, 0.2) is 70.3 Å². The summed E-state index contributed by atoms with van der Waals surface area (Å²) in [7, 11) is 0. The van der Waals surface area contributed by atoms with E-state index in [2.05, 4.69) is 10.4 Å². The van der Waals surface area contributed by atoms with Crippen LogP contribution in [-0.2, 0) is 13.1 Å². The molecule has 0 unspecified atom stereocenters. The Balaban J connectivity index is 1.54. The van der Waals surface area contributed by atoms with Crippen LogP contribution < -0.4 is 26.0 Å². The summed E-state index contributed by atoms with van der Waals surface area (Å²) in [6.07, 6.45) is 0. The zero-order valence-electron chi connectivity index (χ0n) is 20.2. The average Bonchev–Trinajstić information content (AvgIpc) is 3.33. The minimum absolute atomic E-state index is 0.0865. The normalized spacial score (nSPS) is 12.0. The summed E-state index contributed by atoms with van der Waals surface area (Å²) >= 11 is 0. The van der Waals surface area contributed by atoms with Gasteiger partial charge in [-0.05, 0) is 72.5 Å². The van der Waals surface area contributed by atoms with Crippen molar-refractivity contribution in [2.75, 3.05) is 6.79 Å². The molecule has 0 aliphatic carbocycles. The zero-order chi connectivity index (χ0) is 26.1. The highest BCUT2D eigenvalue weighted by Gasteiger charge is 2.21. The van der Waals surface area contributed by atoms with Crippen LogP contribution in [0, 0.1) is 19.7 Å². The van der Waals surface area contributed by atoms with Crippen molar-refractivity contribution in [3.05, 3.63) is 115 Å². The maximum atomic E-state index is 13.8. The molecule has 5 rings (SSSR count). The van der Waals surface area contributed by atoms with E-state index >= 15 is 0 Å². The number of amides is 1. The van der Waals surface area contributed by atoms with Crippen molar-refractivity contribution >= 4 is 5.91 Å². The van der Waals surface area contributed by atoms with Crippen LogP contribution in [0.3, 0.4) is 0 Å². The number of fused-ring (bicyclic) bond motifs is 1. The van der Waals surface area contributed by atoms with Gasteiger partial charge in [-0.25, -0.2) is 9.18 Å². The van der Waals surface area contributed by atoms with Crippen molar-refractivity contribution in [1.29, 1.82) is 0 Å². The van der Waals surface area contributed by atoms with Crippen molar-refractivity contribution in [2.45, 2.75) is 26.9 Å². The molecule has 3 aromatic carbocycles. The number of halogens is 1. The van der Waals surface area contributed by atoms with Crippen molar-refractivity contribution in [3.63, 3.8) is 0 Å². The van der Waals surface area contributed by atoms with Crippen LogP contribution in [-0.4, -0.2) is 27.0 Å². The molecule has 1 aliphatic rings. The number of benzene rings is 3. The predicted octanol–water partition coefficient (Wildman–Crippen LogP) is 2.86. The molecule has 188 valence electrons. The third-order valence-electron chi connectivity index (χ3n) is 5.85. The third kappa shape index (κ3) is 4.99. The van der Waals surface area contributed by atoms with Crippen molar-refractivity contribution < 1.29 is 18.7 Å². The van der Waals surface area contributed by atoms with E-state index < -0.39 is 28.7 Å². The van der Waals surface area contributed by atoms with Crippen LogP contribution in [0.25, 0.3) is 5.69 Å². The summed E-state index contributed by atoms with van der Waals surface area (Å²) in [5, 5.41) is 6.84. The van der Waals surface area contributed by atoms with Crippen molar-refractivity contribution in [1.82, 2.24) is 19.7 Å². The number of aromatic nitrogens is 3. The third-order valence-corrected chi connectivity index (χ3v) is 5.85. The summed E-state index contributed by atoms with van der Waals surface area (Å²) in [4.78, 5) is 39.8. The summed E-state index contributed by atoms with van der Waals surface area (Å²) in [5.74, 6) is -0.0899. The predicted molar refractivity (Wildman–Crippen MR) is 133 cm³/mol. The van der Waals surface area contributed by atoms with E-state index in [0.29, 0.717) is 22.7 Å². The smallest absolute Gasteiger partial charge is 0.352 e. The lowest BCUT2D eigenvalue weighted by atomic mass is 10.1. The maximum Gasteiger partial charge on any atom is 0.352 e. The van der Waals surface area contributed by atoms with Gasteiger partial charge >= 0.3 is 5.69 Å². The van der Waals surface area contributed by atoms with Gasteiger partial charge in [-0.1, -0.05) is 24.3 Å². The number of carbonyl (C=O) groups is 1. The molecule has 1 amide bonds. The van der Waals surface area contributed by atoms with Crippen molar-refractivity contribution in [3.8, 4) is 17.2 Å². The highest BCUT2D eigenvalue weighted by molar-refractivity contribution is 5.91. The van der Waals surface area contributed by atoms with Gasteiger partial charge in [0.2, 0.25) is 12.5 Å². The number of hydrogen-bond donors (Lipinski definition) is 1. The first kappa shape index (κ1) is 24.0. The molecular weight excluding hydrogens is 479 g/mol. The first-order valence-electron chi connectivity index (χ1n) is 11.5. The quantitative estimate of drug-likeness (QED) is 0.435. The number of carbonyl (C=O) groups excluding carboxylic acids is 1. The molecule has 1 aromatic heterocycles. The fourth-order valence-electron chi connectivity index (χ4n) is 4.17. The van der Waals surface area contributed by atoms with Gasteiger partial charge in [-0.15, -0.1) is 0 Å². The lowest BCUT2D eigenvalue weighted by molar-refractivity contribution is 0.0941. The summed E-state index contributed by atoms with van der Waals surface area (Å²) < 4.78 is 26.4. The summed E-state index contributed by atoms with van der Waals surface area (Å²) in [6, 6.07) is 16.2. The standard InChI is InChI=1S/C27H23FN4O5/c1-16-8-17(2)10-21(9-16)32-27(35)31(14-19-4-3-5-20(28)11-19)26(34)24(30-32)25(33)29-13-18-6-7-22-23(12-18)37-15-36-22/h3-12H,13-15H2,1-2H3,(H,29,33). The number of nitrogens with zero attached hydrogens (tertiary/aromatic N) is 3. The Labute approximate surface area is 210 Å². The molecule has 4 aromatic rings. The molecule has 10 heteroatoms. The molecular formula is C27H23FN4O5. The minimum Gasteiger partial charge on any atom is -0.454 e. The molecule has 0 atom stereocenters. The van der Waals surface area contributed by atoms with E-state index in [9.17, 15) is 18.8 Å². The number of rotatable bonds is 6. The Morgan fingerprint density at radius 3 is 2.49 bits per heavy atom. The van der Waals surface area contributed by atoms with E-state index in [1.165, 1.54) is 18.2 Å². The Hall–Kier alpha value is -4.73. The first-order chi connectivity index (χ1) is 17.8. The number of ether oxygens (including phenoxy) is 2. The molecule has 0 bridgehead atoms. The van der Waals surface area contributed by atoms with Gasteiger partial charge in [0.05, 0.1) is 12.2 Å². The van der Waals surface area contributed by atoms with Gasteiger partial charge in [0.25, 0.3) is 11.5 Å². The van der Waals surface area contributed by atoms with Crippen LogP contribution in [0.5, 0.6) is 11.5 Å². The van der Waals surface area contributed by atoms with Crippen LogP contribution in [0.4, 0.5) is 4.39 Å². The second-order valence-electron chi connectivity index (χ2n) is 8.78. The Morgan fingerprint density at radius 2 is 1.73 bits per heavy atom. The molecule has 1 aliphatic heterocycles. The number of nitrogens with one attached hydrogen (secondary N) is 1. The molecule has 0 radical (unpaired) electrons. The molecule has 0 saturated heterocycles. The minimum atomic E-state index is -0.877. The van der Waals surface area contributed by atoms with E-state index in [0.717, 1.165) is 25.9 Å². The lowest BCUT2D eigenvalue weighted by Crippen LogP contribution is -2.46. The van der Waals surface area contributed by atoms with Gasteiger partial charge in [-0.3, -0.25) is 14.2 Å². The second-order valence-corrected chi connectivity index (χ2v) is 8.78. The molecule has 2 heterocycles.